The summed E-state index contributed by atoms with van der Waals surface area (Å²) in [5.41, 5.74) is 1.07. The molecule has 1 heterocycles. The van der Waals surface area contributed by atoms with Crippen LogP contribution in [0.1, 0.15) is 65.5 Å². The zero-order chi connectivity index (χ0) is 16.4. The van der Waals surface area contributed by atoms with Gasteiger partial charge in [0.25, 0.3) is 0 Å². The first-order chi connectivity index (χ1) is 10.5. The lowest BCUT2D eigenvalue weighted by atomic mass is 10.0. The molecule has 1 aromatic rings. The summed E-state index contributed by atoms with van der Waals surface area (Å²) in [4.78, 5) is 11.5. The maximum Gasteiger partial charge on any atom is 0.135 e. The second kappa shape index (κ2) is 10.5. The van der Waals surface area contributed by atoms with Crippen LogP contribution < -0.4 is 5.32 Å². The van der Waals surface area contributed by atoms with E-state index in [0.29, 0.717) is 18.2 Å². The van der Waals surface area contributed by atoms with Gasteiger partial charge in [-0.2, -0.15) is 0 Å². The zero-order valence-corrected chi connectivity index (χ0v) is 14.6. The predicted octanol–water partition coefficient (Wildman–Crippen LogP) is 2.99. The fourth-order valence-corrected chi connectivity index (χ4v) is 2.25. The van der Waals surface area contributed by atoms with E-state index in [1.54, 1.807) is 0 Å². The van der Waals surface area contributed by atoms with E-state index < -0.39 is 0 Å². The highest BCUT2D eigenvalue weighted by atomic mass is 16.1. The lowest BCUT2D eigenvalue weighted by Crippen LogP contribution is -2.23. The van der Waals surface area contributed by atoms with Gasteiger partial charge in [-0.3, -0.25) is 9.48 Å². The minimum Gasteiger partial charge on any atom is -0.315 e. The summed E-state index contributed by atoms with van der Waals surface area (Å²) < 4.78 is 1.90. The number of Topliss-reactive ketones (excluding diaryl/α,β-unsaturated/α-hetero) is 1. The fraction of sp³-hybridized carbons (Fsp3) is 0.824. The van der Waals surface area contributed by atoms with E-state index in [1.165, 1.54) is 6.42 Å². The van der Waals surface area contributed by atoms with Gasteiger partial charge in [-0.05, 0) is 38.6 Å². The number of aryl methyl sites for hydroxylation is 2. The van der Waals surface area contributed by atoms with Crippen LogP contribution in [-0.2, 0) is 17.8 Å². The molecule has 0 saturated carbocycles. The van der Waals surface area contributed by atoms with Gasteiger partial charge in [0.15, 0.2) is 0 Å². The summed E-state index contributed by atoms with van der Waals surface area (Å²) in [5.74, 6) is 0.512. The van der Waals surface area contributed by atoms with Crippen LogP contribution in [-0.4, -0.2) is 33.4 Å². The van der Waals surface area contributed by atoms with Crippen molar-refractivity contribution in [2.75, 3.05) is 6.54 Å². The third-order valence-electron chi connectivity index (χ3n) is 3.70. The summed E-state index contributed by atoms with van der Waals surface area (Å²) in [6.45, 7) is 10.2. The van der Waals surface area contributed by atoms with Gasteiger partial charge < -0.3 is 5.32 Å². The van der Waals surface area contributed by atoms with E-state index in [9.17, 15) is 4.79 Å². The smallest absolute Gasteiger partial charge is 0.135 e. The topological polar surface area (TPSA) is 59.8 Å². The number of unbranched alkanes of at least 4 members (excludes halogenated alkanes) is 2. The maximum atomic E-state index is 11.5. The average molecular weight is 308 g/mol. The minimum absolute atomic E-state index is 0.156. The zero-order valence-electron chi connectivity index (χ0n) is 14.6. The second-order valence-corrected chi connectivity index (χ2v) is 6.62. The van der Waals surface area contributed by atoms with Crippen LogP contribution in [0.4, 0.5) is 0 Å². The number of ketones is 1. The predicted molar refractivity (Wildman–Crippen MR) is 89.8 cm³/mol. The van der Waals surface area contributed by atoms with Crippen molar-refractivity contribution < 1.29 is 4.79 Å². The molecule has 0 aliphatic rings. The molecule has 0 amide bonds. The van der Waals surface area contributed by atoms with Gasteiger partial charge in [0.1, 0.15) is 5.78 Å². The molecular weight excluding hydrogens is 276 g/mol. The number of nitrogens with one attached hydrogen (secondary N) is 1. The summed E-state index contributed by atoms with van der Waals surface area (Å²) in [6, 6.07) is 0.559. The van der Waals surface area contributed by atoms with Crippen LogP contribution in [0.15, 0.2) is 6.20 Å². The molecule has 5 nitrogen and oxygen atoms in total. The Morgan fingerprint density at radius 3 is 2.64 bits per heavy atom. The Morgan fingerprint density at radius 2 is 1.95 bits per heavy atom. The molecular formula is C17H32N4O. The lowest BCUT2D eigenvalue weighted by Gasteiger charge is -2.06. The molecule has 1 aromatic heterocycles. The molecule has 0 radical (unpaired) electrons. The van der Waals surface area contributed by atoms with Crippen molar-refractivity contribution >= 4 is 5.78 Å². The van der Waals surface area contributed by atoms with E-state index in [2.05, 4.69) is 29.5 Å². The normalized spacial score (nSPS) is 11.5. The number of aromatic nitrogens is 3. The van der Waals surface area contributed by atoms with Crippen LogP contribution in [0.5, 0.6) is 0 Å². The number of hydrogen-bond acceptors (Lipinski definition) is 4. The van der Waals surface area contributed by atoms with Crippen molar-refractivity contribution in [1.29, 1.82) is 0 Å². The van der Waals surface area contributed by atoms with Gasteiger partial charge in [-0.1, -0.05) is 32.9 Å². The molecule has 5 heteroatoms. The molecule has 0 aliphatic heterocycles. The van der Waals surface area contributed by atoms with Gasteiger partial charge in [0, 0.05) is 31.1 Å². The van der Waals surface area contributed by atoms with E-state index in [-0.39, 0.29) is 5.92 Å². The lowest BCUT2D eigenvalue weighted by molar-refractivity contribution is -0.122. The molecule has 126 valence electrons. The third-order valence-corrected chi connectivity index (χ3v) is 3.70. The molecule has 0 spiro atoms. The van der Waals surface area contributed by atoms with Crippen LogP contribution in [0.2, 0.25) is 0 Å². The molecule has 0 unspecified atom stereocenters. The van der Waals surface area contributed by atoms with Gasteiger partial charge in [-0.25, -0.2) is 0 Å². The Labute approximate surface area is 134 Å². The molecule has 0 atom stereocenters. The number of carbonyl (C=O) groups is 1. The number of nitrogens with zero attached hydrogens (tertiary/aromatic N) is 3. The molecule has 0 bridgehead atoms. The van der Waals surface area contributed by atoms with Crippen molar-refractivity contribution in [3.8, 4) is 0 Å². The molecule has 1 N–H and O–H groups in total. The fourth-order valence-electron chi connectivity index (χ4n) is 2.25. The largest absolute Gasteiger partial charge is 0.315 e. The van der Waals surface area contributed by atoms with E-state index in [0.717, 1.165) is 44.5 Å². The van der Waals surface area contributed by atoms with Gasteiger partial charge >= 0.3 is 0 Å². The van der Waals surface area contributed by atoms with Gasteiger partial charge in [0.05, 0.1) is 5.69 Å². The van der Waals surface area contributed by atoms with E-state index in [1.807, 2.05) is 24.7 Å². The molecule has 0 aromatic carbocycles. The summed E-state index contributed by atoms with van der Waals surface area (Å²) in [7, 11) is 0. The highest BCUT2D eigenvalue weighted by Crippen LogP contribution is 2.06. The highest BCUT2D eigenvalue weighted by Gasteiger charge is 2.06. The summed E-state index contributed by atoms with van der Waals surface area (Å²) in [6.07, 6.45) is 7.95. The van der Waals surface area contributed by atoms with Gasteiger partial charge in [-0.15, -0.1) is 5.10 Å². The SMILES string of the molecule is CC(C)NCCCCc1cn(CCCCC(=O)C(C)C)nn1. The third kappa shape index (κ3) is 8.27. The maximum absolute atomic E-state index is 11.5. The Kier molecular flexibility index (Phi) is 8.97. The quantitative estimate of drug-likeness (QED) is 0.603. The summed E-state index contributed by atoms with van der Waals surface area (Å²) >= 11 is 0. The Morgan fingerprint density at radius 1 is 1.18 bits per heavy atom. The first-order valence-electron chi connectivity index (χ1n) is 8.64. The first-order valence-corrected chi connectivity index (χ1v) is 8.64. The van der Waals surface area contributed by atoms with E-state index in [4.69, 9.17) is 0 Å². The van der Waals surface area contributed by atoms with Crippen LogP contribution in [0.25, 0.3) is 0 Å². The van der Waals surface area contributed by atoms with Crippen molar-refractivity contribution in [3.63, 3.8) is 0 Å². The Bertz CT molecular complexity index is 426. The number of rotatable bonds is 12. The molecule has 22 heavy (non-hydrogen) atoms. The van der Waals surface area contributed by atoms with Crippen LogP contribution in [0, 0.1) is 5.92 Å². The van der Waals surface area contributed by atoms with Crippen molar-refractivity contribution in [1.82, 2.24) is 20.3 Å². The second-order valence-electron chi connectivity index (χ2n) is 6.62. The van der Waals surface area contributed by atoms with Crippen LogP contribution >= 0.6 is 0 Å². The monoisotopic (exact) mass is 308 g/mol. The van der Waals surface area contributed by atoms with Crippen molar-refractivity contribution in [3.05, 3.63) is 11.9 Å². The molecule has 0 fully saturated rings. The Balaban J connectivity index is 2.12. The Hall–Kier alpha value is -1.23. The van der Waals surface area contributed by atoms with Crippen molar-refractivity contribution in [2.45, 2.75) is 78.8 Å². The van der Waals surface area contributed by atoms with E-state index >= 15 is 0 Å². The number of carbonyl (C=O) groups excluding carboxylic acids is 1. The standard InChI is InChI=1S/C17H32N4O/c1-14(2)17(22)10-6-8-12-21-13-16(19-20-21)9-5-7-11-18-15(3)4/h13-15,18H,5-12H2,1-4H3. The molecule has 0 aliphatic carbocycles. The average Bonchev–Trinajstić information content (AvgIpc) is 2.90. The van der Waals surface area contributed by atoms with Gasteiger partial charge in [0.2, 0.25) is 0 Å². The van der Waals surface area contributed by atoms with Crippen LogP contribution in [0.3, 0.4) is 0 Å². The first kappa shape index (κ1) is 18.8. The number of hydrogen-bond donors (Lipinski definition) is 1. The molecule has 0 saturated heterocycles. The minimum atomic E-state index is 0.156. The summed E-state index contributed by atoms with van der Waals surface area (Å²) in [5, 5.41) is 11.8. The highest BCUT2D eigenvalue weighted by molar-refractivity contribution is 5.80. The molecule has 1 rings (SSSR count). The van der Waals surface area contributed by atoms with Crippen molar-refractivity contribution in [2.24, 2.45) is 5.92 Å².